The molecular formula is C30H26Cl2F2N2O7. The van der Waals surface area contributed by atoms with Crippen LogP contribution < -0.4 is 14.2 Å². The zero-order valence-electron chi connectivity index (χ0n) is 22.9. The minimum Gasteiger partial charge on any atom is -0.496 e. The fourth-order valence-corrected chi connectivity index (χ4v) is 5.23. The van der Waals surface area contributed by atoms with Gasteiger partial charge in [0.2, 0.25) is 0 Å². The second-order valence-electron chi connectivity index (χ2n) is 10.1. The van der Waals surface area contributed by atoms with Gasteiger partial charge < -0.3 is 18.9 Å². The second kappa shape index (κ2) is 13.1. The van der Waals surface area contributed by atoms with Gasteiger partial charge in [0.15, 0.2) is 11.5 Å². The maximum Gasteiger partial charge on any atom is 0.387 e. The van der Waals surface area contributed by atoms with Gasteiger partial charge in [-0.1, -0.05) is 35.3 Å². The number of hydrogen-bond donors (Lipinski definition) is 0. The molecule has 13 heteroatoms. The SMILES string of the molecule is COc1cccc2c1C(=O)N(CC(=O)OC[C@@H](Cc1c(Cl)cncc1Cl)c1ccc(OC(F)F)c(OCC3CC3)c1)C2=O. The first kappa shape index (κ1) is 30.5. The maximum absolute atomic E-state index is 13.1. The average Bonchev–Trinajstić information content (AvgIpc) is 3.78. The largest absolute Gasteiger partial charge is 0.496 e. The molecule has 9 nitrogen and oxygen atoms in total. The predicted octanol–water partition coefficient (Wildman–Crippen LogP) is 5.95. The lowest BCUT2D eigenvalue weighted by Crippen LogP contribution is -2.36. The second-order valence-corrected chi connectivity index (χ2v) is 10.9. The van der Waals surface area contributed by atoms with Crippen molar-refractivity contribution in [2.45, 2.75) is 31.8 Å². The van der Waals surface area contributed by atoms with E-state index in [1.807, 2.05) is 0 Å². The summed E-state index contributed by atoms with van der Waals surface area (Å²) in [7, 11) is 1.38. The molecule has 1 aliphatic heterocycles. The Morgan fingerprint density at radius 1 is 1.05 bits per heavy atom. The zero-order valence-corrected chi connectivity index (χ0v) is 24.4. The lowest BCUT2D eigenvalue weighted by Gasteiger charge is -2.22. The van der Waals surface area contributed by atoms with E-state index < -0.39 is 36.9 Å². The molecule has 3 aromatic rings. The van der Waals surface area contributed by atoms with E-state index in [1.165, 1.54) is 31.6 Å². The van der Waals surface area contributed by atoms with E-state index in [4.69, 9.17) is 37.4 Å². The fourth-order valence-electron chi connectivity index (χ4n) is 4.71. The summed E-state index contributed by atoms with van der Waals surface area (Å²) in [5, 5.41) is 0.568. The van der Waals surface area contributed by atoms with Gasteiger partial charge in [-0.2, -0.15) is 8.78 Å². The van der Waals surface area contributed by atoms with E-state index >= 15 is 0 Å². The molecule has 1 aliphatic carbocycles. The van der Waals surface area contributed by atoms with Crippen molar-refractivity contribution in [1.82, 2.24) is 9.88 Å². The topological polar surface area (TPSA) is 104 Å². The number of carbonyl (C=O) groups is 3. The van der Waals surface area contributed by atoms with E-state index in [1.54, 1.807) is 24.3 Å². The number of fused-ring (bicyclic) bond motifs is 1. The molecule has 2 amide bonds. The molecule has 0 radical (unpaired) electrons. The van der Waals surface area contributed by atoms with Crippen LogP contribution in [0, 0.1) is 5.92 Å². The minimum absolute atomic E-state index is 0.0764. The molecule has 0 saturated heterocycles. The minimum atomic E-state index is -3.05. The molecule has 5 rings (SSSR count). The number of ether oxygens (including phenoxy) is 4. The van der Waals surface area contributed by atoms with Crippen molar-refractivity contribution in [2.24, 2.45) is 5.92 Å². The van der Waals surface area contributed by atoms with Crippen LogP contribution in [-0.4, -0.2) is 61.1 Å². The van der Waals surface area contributed by atoms with Crippen LogP contribution in [0.5, 0.6) is 17.2 Å². The van der Waals surface area contributed by atoms with Gasteiger partial charge >= 0.3 is 12.6 Å². The lowest BCUT2D eigenvalue weighted by atomic mass is 9.92. The van der Waals surface area contributed by atoms with Gasteiger partial charge in [-0.05, 0) is 60.6 Å². The van der Waals surface area contributed by atoms with Crippen LogP contribution >= 0.6 is 23.2 Å². The highest BCUT2D eigenvalue weighted by Crippen LogP contribution is 2.38. The summed E-state index contributed by atoms with van der Waals surface area (Å²) < 4.78 is 47.4. The Labute approximate surface area is 255 Å². The molecule has 0 bridgehead atoms. The number of halogens is 4. The average molecular weight is 635 g/mol. The Kier molecular flexibility index (Phi) is 9.31. The van der Waals surface area contributed by atoms with E-state index in [2.05, 4.69) is 9.72 Å². The molecule has 1 atom stereocenters. The van der Waals surface area contributed by atoms with Crippen molar-refractivity contribution >= 4 is 41.0 Å². The highest BCUT2D eigenvalue weighted by Gasteiger charge is 2.39. The van der Waals surface area contributed by atoms with Crippen molar-refractivity contribution in [2.75, 3.05) is 26.9 Å². The molecule has 0 N–H and O–H groups in total. The number of carbonyl (C=O) groups excluding carboxylic acids is 3. The van der Waals surface area contributed by atoms with Gasteiger partial charge in [0.25, 0.3) is 11.8 Å². The first-order chi connectivity index (χ1) is 20.7. The smallest absolute Gasteiger partial charge is 0.387 e. The summed E-state index contributed by atoms with van der Waals surface area (Å²) in [6.45, 7) is -3.56. The number of amides is 2. The fraction of sp³-hybridized carbons (Fsp3) is 0.333. The lowest BCUT2D eigenvalue weighted by molar-refractivity contribution is -0.144. The Morgan fingerprint density at radius 3 is 2.47 bits per heavy atom. The van der Waals surface area contributed by atoms with Crippen molar-refractivity contribution < 1.29 is 42.1 Å². The number of methoxy groups -OCH3 is 1. The van der Waals surface area contributed by atoms with Crippen molar-refractivity contribution in [1.29, 1.82) is 0 Å². The van der Waals surface area contributed by atoms with Gasteiger partial charge in [0.05, 0.1) is 41.5 Å². The number of benzene rings is 2. The monoisotopic (exact) mass is 634 g/mol. The highest BCUT2D eigenvalue weighted by molar-refractivity contribution is 6.35. The van der Waals surface area contributed by atoms with Gasteiger partial charge in [-0.15, -0.1) is 0 Å². The Balaban J connectivity index is 1.36. The van der Waals surface area contributed by atoms with Crippen LogP contribution in [0.15, 0.2) is 48.8 Å². The molecule has 1 fully saturated rings. The van der Waals surface area contributed by atoms with E-state index in [9.17, 15) is 23.2 Å². The summed E-state index contributed by atoms with van der Waals surface area (Å²) >= 11 is 12.7. The maximum atomic E-state index is 13.1. The summed E-state index contributed by atoms with van der Waals surface area (Å²) in [5.74, 6) is -2.19. The third-order valence-corrected chi connectivity index (χ3v) is 7.79. The molecule has 1 aromatic heterocycles. The summed E-state index contributed by atoms with van der Waals surface area (Å²) in [6.07, 6.45) is 5.00. The standard InChI is InChI=1S/C30H26Cl2F2N2O7/c1-40-24-4-2-3-19-27(24)29(39)36(28(19)38)13-26(37)42-15-18(9-20-21(31)11-35-12-22(20)32)17-7-8-23(43-30(33)34)25(10-17)41-14-16-5-6-16/h2-4,7-8,10-12,16,18,30H,5-6,9,13-15H2,1H3/t18-/m1/s1. The summed E-state index contributed by atoms with van der Waals surface area (Å²) in [6, 6.07) is 9.07. The van der Waals surface area contributed by atoms with Crippen molar-refractivity contribution in [3.8, 4) is 17.2 Å². The number of hydrogen-bond acceptors (Lipinski definition) is 8. The summed E-state index contributed by atoms with van der Waals surface area (Å²) in [5.41, 5.74) is 1.30. The van der Waals surface area contributed by atoms with Gasteiger partial charge in [-0.25, -0.2) is 0 Å². The number of pyridine rings is 1. The Hall–Kier alpha value is -3.96. The first-order valence-electron chi connectivity index (χ1n) is 13.3. The molecule has 0 spiro atoms. The Morgan fingerprint density at radius 2 is 1.79 bits per heavy atom. The third-order valence-electron chi connectivity index (χ3n) is 7.14. The first-order valence-corrected chi connectivity index (χ1v) is 14.1. The molecule has 0 unspecified atom stereocenters. The number of alkyl halides is 2. The van der Waals surface area contributed by atoms with Crippen LogP contribution in [0.1, 0.15) is 50.6 Å². The van der Waals surface area contributed by atoms with Crippen molar-refractivity contribution in [3.63, 3.8) is 0 Å². The molecule has 2 aromatic carbocycles. The van der Waals surface area contributed by atoms with E-state index in [-0.39, 0.29) is 51.4 Å². The van der Waals surface area contributed by atoms with Crippen LogP contribution in [0.25, 0.3) is 0 Å². The van der Waals surface area contributed by atoms with Gasteiger partial charge in [-0.3, -0.25) is 24.3 Å². The van der Waals surface area contributed by atoms with Crippen LogP contribution in [0.3, 0.4) is 0 Å². The Bertz CT molecular complexity index is 1530. The molecule has 43 heavy (non-hydrogen) atoms. The highest BCUT2D eigenvalue weighted by atomic mass is 35.5. The van der Waals surface area contributed by atoms with E-state index in [0.29, 0.717) is 23.7 Å². The third kappa shape index (κ3) is 7.00. The molecular weight excluding hydrogens is 609 g/mol. The normalized spacial score (nSPS) is 15.0. The molecule has 2 heterocycles. The zero-order chi connectivity index (χ0) is 30.7. The van der Waals surface area contributed by atoms with Crippen LogP contribution in [0.2, 0.25) is 10.0 Å². The number of nitrogens with zero attached hydrogens (tertiary/aromatic N) is 2. The number of aromatic nitrogens is 1. The number of imide groups is 1. The summed E-state index contributed by atoms with van der Waals surface area (Å²) in [4.78, 5) is 43.5. The van der Waals surface area contributed by atoms with Gasteiger partial charge in [0.1, 0.15) is 12.3 Å². The van der Waals surface area contributed by atoms with Crippen LogP contribution in [-0.2, 0) is 16.0 Å². The van der Waals surface area contributed by atoms with Gasteiger partial charge in [0, 0.05) is 18.3 Å². The van der Waals surface area contributed by atoms with Crippen LogP contribution in [0.4, 0.5) is 8.78 Å². The van der Waals surface area contributed by atoms with E-state index in [0.717, 1.165) is 17.7 Å². The predicted molar refractivity (Wildman–Crippen MR) is 151 cm³/mol. The van der Waals surface area contributed by atoms with Crippen molar-refractivity contribution in [3.05, 3.63) is 81.1 Å². The quantitative estimate of drug-likeness (QED) is 0.168. The molecule has 1 saturated carbocycles. The molecule has 2 aliphatic rings. The number of rotatable bonds is 13. The number of esters is 1. The molecule has 226 valence electrons.